The molecule has 0 unspecified atom stereocenters. The zero-order chi connectivity index (χ0) is 24.4. The van der Waals surface area contributed by atoms with E-state index in [1.165, 1.54) is 22.9 Å². The SMILES string of the molecule is COc1cccc(-c2nn(-c3ccccc3)cc2C(=O)Nc2ccc(F)c(-n3nnnc3C)c2)c1. The number of halogens is 1. The van der Waals surface area contributed by atoms with E-state index < -0.39 is 11.7 Å². The van der Waals surface area contributed by atoms with Crippen molar-refractivity contribution in [1.29, 1.82) is 0 Å². The first kappa shape index (κ1) is 22.0. The van der Waals surface area contributed by atoms with Crippen LogP contribution in [0.5, 0.6) is 5.75 Å². The highest BCUT2D eigenvalue weighted by atomic mass is 19.1. The molecule has 0 radical (unpaired) electrons. The number of anilines is 1. The van der Waals surface area contributed by atoms with Gasteiger partial charge in [0.05, 0.1) is 18.4 Å². The van der Waals surface area contributed by atoms with Crippen molar-refractivity contribution < 1.29 is 13.9 Å². The largest absolute Gasteiger partial charge is 0.497 e. The Balaban J connectivity index is 1.54. The van der Waals surface area contributed by atoms with Crippen LogP contribution in [0.4, 0.5) is 10.1 Å². The molecule has 0 bridgehead atoms. The Morgan fingerprint density at radius 1 is 1.03 bits per heavy atom. The van der Waals surface area contributed by atoms with E-state index in [4.69, 9.17) is 4.74 Å². The van der Waals surface area contributed by atoms with Gasteiger partial charge >= 0.3 is 0 Å². The zero-order valence-corrected chi connectivity index (χ0v) is 18.9. The number of hydrogen-bond acceptors (Lipinski definition) is 6. The number of nitrogens with zero attached hydrogens (tertiary/aromatic N) is 6. The van der Waals surface area contributed by atoms with Crippen LogP contribution >= 0.6 is 0 Å². The summed E-state index contributed by atoms with van der Waals surface area (Å²) in [5, 5.41) is 18.7. The smallest absolute Gasteiger partial charge is 0.259 e. The van der Waals surface area contributed by atoms with Gasteiger partial charge in [-0.25, -0.2) is 9.07 Å². The van der Waals surface area contributed by atoms with E-state index in [-0.39, 0.29) is 5.69 Å². The summed E-state index contributed by atoms with van der Waals surface area (Å²) in [6.45, 7) is 1.66. The number of para-hydroxylation sites is 1. The van der Waals surface area contributed by atoms with Gasteiger partial charge in [0.1, 0.15) is 22.9 Å². The lowest BCUT2D eigenvalue weighted by Gasteiger charge is -2.09. The molecule has 2 aromatic heterocycles. The summed E-state index contributed by atoms with van der Waals surface area (Å²) in [6.07, 6.45) is 1.66. The maximum atomic E-state index is 14.5. The standard InChI is InChI=1S/C25H20FN7O2/c1-16-28-30-31-33(16)23-14-18(11-12-22(23)26)27-25(34)21-15-32(19-8-4-3-5-9-19)29-24(21)17-7-6-10-20(13-17)35-2/h3-15H,1-2H3,(H,27,34). The molecule has 174 valence electrons. The molecule has 0 saturated carbocycles. The first-order valence-corrected chi connectivity index (χ1v) is 10.7. The second kappa shape index (κ2) is 9.18. The van der Waals surface area contributed by atoms with E-state index in [0.717, 1.165) is 5.69 Å². The van der Waals surface area contributed by atoms with Crippen LogP contribution in [0.15, 0.2) is 79.0 Å². The van der Waals surface area contributed by atoms with Gasteiger partial charge in [0.15, 0.2) is 5.82 Å². The Kier molecular flexibility index (Phi) is 5.76. The number of rotatable bonds is 6. The maximum Gasteiger partial charge on any atom is 0.259 e. The molecule has 35 heavy (non-hydrogen) atoms. The number of aromatic nitrogens is 6. The Labute approximate surface area is 199 Å². The van der Waals surface area contributed by atoms with Crippen LogP contribution in [0.2, 0.25) is 0 Å². The first-order chi connectivity index (χ1) is 17.0. The van der Waals surface area contributed by atoms with Gasteiger partial charge in [0, 0.05) is 17.4 Å². The lowest BCUT2D eigenvalue weighted by Crippen LogP contribution is -2.13. The van der Waals surface area contributed by atoms with Crippen LogP contribution < -0.4 is 10.1 Å². The molecule has 9 nitrogen and oxygen atoms in total. The molecule has 0 atom stereocenters. The second-order valence-corrected chi connectivity index (χ2v) is 7.66. The normalized spacial score (nSPS) is 10.8. The van der Waals surface area contributed by atoms with Gasteiger partial charge in [0.2, 0.25) is 0 Å². The summed E-state index contributed by atoms with van der Waals surface area (Å²) in [4.78, 5) is 13.4. The van der Waals surface area contributed by atoms with Crippen molar-refractivity contribution in [3.8, 4) is 28.4 Å². The van der Waals surface area contributed by atoms with E-state index in [1.54, 1.807) is 24.9 Å². The van der Waals surface area contributed by atoms with E-state index in [2.05, 4.69) is 25.9 Å². The highest BCUT2D eigenvalue weighted by molar-refractivity contribution is 6.08. The summed E-state index contributed by atoms with van der Waals surface area (Å²) < 4.78 is 22.7. The molecule has 0 saturated heterocycles. The number of aryl methyl sites for hydroxylation is 1. The van der Waals surface area contributed by atoms with Crippen LogP contribution in [-0.2, 0) is 0 Å². The molecule has 0 aliphatic carbocycles. The van der Waals surface area contributed by atoms with Crippen molar-refractivity contribution in [1.82, 2.24) is 30.0 Å². The molecule has 0 spiro atoms. The lowest BCUT2D eigenvalue weighted by atomic mass is 10.1. The Hall–Kier alpha value is -4.86. The number of amides is 1. The van der Waals surface area contributed by atoms with Gasteiger partial charge in [0.25, 0.3) is 5.91 Å². The van der Waals surface area contributed by atoms with E-state index in [0.29, 0.717) is 34.1 Å². The Morgan fingerprint density at radius 2 is 1.86 bits per heavy atom. The molecule has 0 aliphatic rings. The van der Waals surface area contributed by atoms with Crippen molar-refractivity contribution >= 4 is 11.6 Å². The number of carbonyl (C=O) groups is 1. The minimum atomic E-state index is -0.521. The van der Waals surface area contributed by atoms with Gasteiger partial charge in [-0.05, 0) is 59.8 Å². The summed E-state index contributed by atoms with van der Waals surface area (Å²) in [6, 6.07) is 21.0. The minimum Gasteiger partial charge on any atom is -0.497 e. The van der Waals surface area contributed by atoms with Crippen LogP contribution in [0.3, 0.4) is 0 Å². The van der Waals surface area contributed by atoms with Gasteiger partial charge in [-0.3, -0.25) is 4.79 Å². The number of nitrogens with one attached hydrogen (secondary N) is 1. The Bertz CT molecular complexity index is 1510. The zero-order valence-electron chi connectivity index (χ0n) is 18.9. The topological polar surface area (TPSA) is 99.8 Å². The van der Waals surface area contributed by atoms with E-state index in [1.807, 2.05) is 54.6 Å². The van der Waals surface area contributed by atoms with Crippen LogP contribution in [-0.4, -0.2) is 43.0 Å². The number of ether oxygens (including phenoxy) is 1. The fourth-order valence-electron chi connectivity index (χ4n) is 3.64. The lowest BCUT2D eigenvalue weighted by molar-refractivity contribution is 0.102. The fraction of sp³-hybridized carbons (Fsp3) is 0.0800. The van der Waals surface area contributed by atoms with Crippen molar-refractivity contribution in [2.75, 3.05) is 12.4 Å². The van der Waals surface area contributed by atoms with Gasteiger partial charge in [-0.2, -0.15) is 9.78 Å². The second-order valence-electron chi connectivity index (χ2n) is 7.66. The quantitative estimate of drug-likeness (QED) is 0.400. The van der Waals surface area contributed by atoms with Gasteiger partial charge in [-0.15, -0.1) is 5.10 Å². The monoisotopic (exact) mass is 469 g/mol. The summed E-state index contributed by atoms with van der Waals surface area (Å²) in [7, 11) is 1.58. The molecule has 10 heteroatoms. The predicted molar refractivity (Wildman–Crippen MR) is 127 cm³/mol. The summed E-state index contributed by atoms with van der Waals surface area (Å²) in [5.74, 6) is 0.128. The fourth-order valence-corrected chi connectivity index (χ4v) is 3.64. The third kappa shape index (κ3) is 4.36. The van der Waals surface area contributed by atoms with E-state index in [9.17, 15) is 9.18 Å². The van der Waals surface area contributed by atoms with Gasteiger partial charge in [-0.1, -0.05) is 30.3 Å². The van der Waals surface area contributed by atoms with Crippen molar-refractivity contribution in [2.24, 2.45) is 0 Å². The molecule has 1 amide bonds. The molecule has 1 N–H and O–H groups in total. The van der Waals surface area contributed by atoms with Gasteiger partial charge < -0.3 is 10.1 Å². The number of tetrazole rings is 1. The average Bonchev–Trinajstić information content (AvgIpc) is 3.52. The van der Waals surface area contributed by atoms with Crippen molar-refractivity contribution in [3.63, 3.8) is 0 Å². The van der Waals surface area contributed by atoms with E-state index >= 15 is 0 Å². The molecule has 3 aromatic carbocycles. The number of carbonyl (C=O) groups excluding carboxylic acids is 1. The molecule has 0 aliphatic heterocycles. The highest BCUT2D eigenvalue weighted by Crippen LogP contribution is 2.28. The van der Waals surface area contributed by atoms with Crippen molar-refractivity contribution in [3.05, 3.63) is 96.2 Å². The molecule has 5 aromatic rings. The van der Waals surface area contributed by atoms with Crippen LogP contribution in [0.25, 0.3) is 22.6 Å². The minimum absolute atomic E-state index is 0.123. The number of methoxy groups -OCH3 is 1. The Morgan fingerprint density at radius 3 is 2.60 bits per heavy atom. The first-order valence-electron chi connectivity index (χ1n) is 10.7. The third-order valence-corrected chi connectivity index (χ3v) is 5.38. The number of benzene rings is 3. The highest BCUT2D eigenvalue weighted by Gasteiger charge is 2.20. The molecule has 5 rings (SSSR count). The van der Waals surface area contributed by atoms with Crippen LogP contribution in [0, 0.1) is 12.7 Å². The van der Waals surface area contributed by atoms with Crippen molar-refractivity contribution in [2.45, 2.75) is 6.92 Å². The maximum absolute atomic E-state index is 14.5. The van der Waals surface area contributed by atoms with Crippen LogP contribution in [0.1, 0.15) is 16.2 Å². The number of hydrogen-bond donors (Lipinski definition) is 1. The molecular weight excluding hydrogens is 449 g/mol. The molecule has 2 heterocycles. The average molecular weight is 469 g/mol. The summed E-state index contributed by atoms with van der Waals surface area (Å²) >= 11 is 0. The molecule has 0 fully saturated rings. The molecular formula is C25H20FN7O2. The summed E-state index contributed by atoms with van der Waals surface area (Å²) in [5.41, 5.74) is 2.83. The third-order valence-electron chi connectivity index (χ3n) is 5.38. The predicted octanol–water partition coefficient (Wildman–Crippen LogP) is 4.22.